The predicted octanol–water partition coefficient (Wildman–Crippen LogP) is 2.20. The Bertz CT molecular complexity index is 824. The number of hydrogen-bond donors (Lipinski definition) is 1. The van der Waals surface area contributed by atoms with Gasteiger partial charge in [-0.2, -0.15) is 4.98 Å². The maximum atomic E-state index is 12.4. The summed E-state index contributed by atoms with van der Waals surface area (Å²) in [6.45, 7) is 0. The number of sulfonamides is 1. The van der Waals surface area contributed by atoms with Crippen molar-refractivity contribution in [2.24, 2.45) is 0 Å². The third-order valence-electron chi connectivity index (χ3n) is 3.09. The summed E-state index contributed by atoms with van der Waals surface area (Å²) in [5.41, 5.74) is 0.930. The average Bonchev–Trinajstić information content (AvgIpc) is 2.46. The number of anilines is 3. The zero-order valence-electron chi connectivity index (χ0n) is 14.0. The zero-order valence-corrected chi connectivity index (χ0v) is 15.6. The van der Waals surface area contributed by atoms with E-state index in [1.165, 1.54) is 6.20 Å². The highest BCUT2D eigenvalue weighted by molar-refractivity contribution is 7.91. The van der Waals surface area contributed by atoms with E-state index in [1.807, 2.05) is 14.1 Å². The maximum Gasteiger partial charge on any atom is 0.237 e. The molecule has 0 aliphatic rings. The van der Waals surface area contributed by atoms with Crippen LogP contribution in [0.2, 0.25) is 5.02 Å². The van der Waals surface area contributed by atoms with E-state index in [0.29, 0.717) is 28.0 Å². The lowest BCUT2D eigenvalue weighted by Crippen LogP contribution is -2.21. The molecule has 130 valence electrons. The minimum absolute atomic E-state index is 0.185. The van der Waals surface area contributed by atoms with E-state index >= 15 is 0 Å². The molecule has 7 nitrogen and oxygen atoms in total. The Balaban J connectivity index is 2.28. The van der Waals surface area contributed by atoms with Gasteiger partial charge in [-0.05, 0) is 17.7 Å². The molecule has 9 heteroatoms. The molecule has 0 bridgehead atoms. The van der Waals surface area contributed by atoms with Crippen molar-refractivity contribution >= 4 is 39.1 Å². The van der Waals surface area contributed by atoms with E-state index in [4.69, 9.17) is 11.6 Å². The van der Waals surface area contributed by atoms with Gasteiger partial charge in [-0.25, -0.2) is 13.4 Å². The molecule has 0 aliphatic carbocycles. The summed E-state index contributed by atoms with van der Waals surface area (Å²) in [5.74, 6) is 0.801. The number of hydrogen-bond acceptors (Lipinski definition) is 6. The lowest BCUT2D eigenvalue weighted by molar-refractivity contribution is 0.600. The largest absolute Gasteiger partial charge is 0.361 e. The fourth-order valence-electron chi connectivity index (χ4n) is 2.04. The minimum Gasteiger partial charge on any atom is -0.361 e. The van der Waals surface area contributed by atoms with E-state index in [2.05, 4.69) is 14.7 Å². The maximum absolute atomic E-state index is 12.4. The van der Waals surface area contributed by atoms with Gasteiger partial charge in [0, 0.05) is 33.2 Å². The van der Waals surface area contributed by atoms with E-state index in [1.54, 1.807) is 48.2 Å². The number of nitrogens with one attached hydrogen (secondary N) is 1. The lowest BCUT2D eigenvalue weighted by Gasteiger charge is -2.19. The Hall–Kier alpha value is -2.06. The molecule has 2 rings (SSSR count). The third-order valence-corrected chi connectivity index (χ3v) is 4.57. The van der Waals surface area contributed by atoms with Gasteiger partial charge >= 0.3 is 0 Å². The summed E-state index contributed by atoms with van der Waals surface area (Å²) < 4.78 is 27.4. The van der Waals surface area contributed by atoms with E-state index in [9.17, 15) is 8.42 Å². The Labute approximate surface area is 147 Å². The fourth-order valence-corrected chi connectivity index (χ4v) is 3.42. The van der Waals surface area contributed by atoms with Crippen LogP contribution in [0.15, 0.2) is 30.5 Å². The van der Waals surface area contributed by atoms with Gasteiger partial charge in [-0.1, -0.05) is 23.7 Å². The fraction of sp³-hybridized carbons (Fsp3) is 0.333. The van der Waals surface area contributed by atoms with Crippen LogP contribution >= 0.6 is 11.6 Å². The standard InChI is InChI=1S/C15H20ClN5O2S/c1-20(2)14-13(9-17-15(18-14)21(3)4)19-24(22,23)10-11-6-5-7-12(16)8-11/h5-9,19H,10H2,1-4H3. The smallest absolute Gasteiger partial charge is 0.237 e. The highest BCUT2D eigenvalue weighted by Gasteiger charge is 2.17. The third kappa shape index (κ3) is 4.72. The van der Waals surface area contributed by atoms with Crippen LogP contribution in [0.3, 0.4) is 0 Å². The van der Waals surface area contributed by atoms with Crippen LogP contribution in [-0.2, 0) is 15.8 Å². The summed E-state index contributed by atoms with van der Waals surface area (Å²) in [6.07, 6.45) is 1.47. The zero-order chi connectivity index (χ0) is 17.9. The first-order valence-electron chi connectivity index (χ1n) is 7.14. The predicted molar refractivity (Wildman–Crippen MR) is 98.4 cm³/mol. The number of aromatic nitrogens is 2. The van der Waals surface area contributed by atoms with Gasteiger partial charge in [-0.15, -0.1) is 0 Å². The minimum atomic E-state index is -3.62. The molecular formula is C15H20ClN5O2S. The van der Waals surface area contributed by atoms with Crippen molar-refractivity contribution in [3.05, 3.63) is 41.0 Å². The highest BCUT2D eigenvalue weighted by Crippen LogP contribution is 2.25. The molecule has 0 saturated heterocycles. The van der Waals surface area contributed by atoms with Crippen molar-refractivity contribution in [3.8, 4) is 0 Å². The van der Waals surface area contributed by atoms with Crippen LogP contribution in [0, 0.1) is 0 Å². The van der Waals surface area contributed by atoms with E-state index in [-0.39, 0.29) is 5.75 Å². The van der Waals surface area contributed by atoms with Gasteiger partial charge in [0.15, 0.2) is 5.82 Å². The van der Waals surface area contributed by atoms with Gasteiger partial charge in [0.1, 0.15) is 5.69 Å². The van der Waals surface area contributed by atoms with Crippen LogP contribution in [0.4, 0.5) is 17.5 Å². The molecule has 1 aromatic heterocycles. The van der Waals surface area contributed by atoms with Crippen LogP contribution in [0.1, 0.15) is 5.56 Å². The Morgan fingerprint density at radius 3 is 2.46 bits per heavy atom. The van der Waals surface area contributed by atoms with Crippen molar-refractivity contribution < 1.29 is 8.42 Å². The molecule has 0 spiro atoms. The molecule has 0 aliphatic heterocycles. The van der Waals surface area contributed by atoms with E-state index in [0.717, 1.165) is 0 Å². The Morgan fingerprint density at radius 1 is 1.17 bits per heavy atom. The molecule has 0 atom stereocenters. The van der Waals surface area contributed by atoms with Crippen molar-refractivity contribution in [2.75, 3.05) is 42.7 Å². The van der Waals surface area contributed by atoms with E-state index < -0.39 is 10.0 Å². The second kappa shape index (κ2) is 7.23. The van der Waals surface area contributed by atoms with Crippen molar-refractivity contribution in [2.45, 2.75) is 5.75 Å². The molecule has 0 radical (unpaired) electrons. The first-order chi connectivity index (χ1) is 11.2. The monoisotopic (exact) mass is 369 g/mol. The average molecular weight is 370 g/mol. The number of rotatable bonds is 6. The molecule has 1 heterocycles. The molecule has 1 N–H and O–H groups in total. The first-order valence-corrected chi connectivity index (χ1v) is 9.17. The van der Waals surface area contributed by atoms with Crippen molar-refractivity contribution in [1.29, 1.82) is 0 Å². The van der Waals surface area contributed by atoms with Crippen LogP contribution in [-0.4, -0.2) is 46.6 Å². The van der Waals surface area contributed by atoms with Gasteiger partial charge in [0.2, 0.25) is 16.0 Å². The molecule has 2 aromatic rings. The van der Waals surface area contributed by atoms with Crippen LogP contribution < -0.4 is 14.5 Å². The molecule has 0 fully saturated rings. The van der Waals surface area contributed by atoms with Gasteiger partial charge < -0.3 is 9.80 Å². The van der Waals surface area contributed by atoms with Crippen molar-refractivity contribution in [3.63, 3.8) is 0 Å². The van der Waals surface area contributed by atoms with Crippen LogP contribution in [0.25, 0.3) is 0 Å². The topological polar surface area (TPSA) is 78.4 Å². The van der Waals surface area contributed by atoms with Crippen molar-refractivity contribution in [1.82, 2.24) is 9.97 Å². The highest BCUT2D eigenvalue weighted by atomic mass is 35.5. The van der Waals surface area contributed by atoms with Gasteiger partial charge in [0.25, 0.3) is 0 Å². The molecular weight excluding hydrogens is 350 g/mol. The molecule has 0 unspecified atom stereocenters. The molecule has 1 aromatic carbocycles. The Kier molecular flexibility index (Phi) is 5.51. The molecule has 24 heavy (non-hydrogen) atoms. The normalized spacial score (nSPS) is 11.2. The summed E-state index contributed by atoms with van der Waals surface area (Å²) >= 11 is 5.90. The lowest BCUT2D eigenvalue weighted by atomic mass is 10.2. The first kappa shape index (κ1) is 18.3. The molecule has 0 amide bonds. The van der Waals surface area contributed by atoms with Gasteiger partial charge in [0.05, 0.1) is 11.9 Å². The number of halogens is 1. The van der Waals surface area contributed by atoms with Gasteiger partial charge in [-0.3, -0.25) is 4.72 Å². The second-order valence-electron chi connectivity index (χ2n) is 5.69. The second-order valence-corrected chi connectivity index (χ2v) is 7.85. The molecule has 0 saturated carbocycles. The number of benzene rings is 1. The summed E-state index contributed by atoms with van der Waals surface area (Å²) in [4.78, 5) is 12.0. The number of nitrogens with zero attached hydrogens (tertiary/aromatic N) is 4. The summed E-state index contributed by atoms with van der Waals surface area (Å²) in [7, 11) is 3.59. The Morgan fingerprint density at radius 2 is 1.88 bits per heavy atom. The quantitative estimate of drug-likeness (QED) is 0.841. The summed E-state index contributed by atoms with van der Waals surface area (Å²) in [6, 6.07) is 6.75. The SMILES string of the molecule is CN(C)c1ncc(NS(=O)(=O)Cc2cccc(Cl)c2)c(N(C)C)n1. The van der Waals surface area contributed by atoms with Crippen LogP contribution in [0.5, 0.6) is 0 Å². The summed E-state index contributed by atoms with van der Waals surface area (Å²) in [5, 5.41) is 0.496.